The molecule has 7 heteroatoms. The minimum atomic E-state index is -0.649. The van der Waals surface area contributed by atoms with Crippen LogP contribution in [0.15, 0.2) is 9.59 Å². The first-order valence-corrected chi connectivity index (χ1v) is 4.80. The molecule has 1 aromatic rings. The maximum Gasteiger partial charge on any atom is 0.335 e. The lowest BCUT2D eigenvalue weighted by atomic mass is 10.2. The second kappa shape index (κ2) is 5.43. The van der Waals surface area contributed by atoms with Gasteiger partial charge in [-0.3, -0.25) is 9.36 Å². The van der Waals surface area contributed by atoms with Crippen LogP contribution in [0.5, 0.6) is 0 Å². The van der Waals surface area contributed by atoms with E-state index in [0.717, 1.165) is 4.57 Å². The van der Waals surface area contributed by atoms with Crippen LogP contribution in [-0.2, 0) is 22.9 Å². The highest BCUT2D eigenvalue weighted by Gasteiger charge is 2.15. The number of hydrogen-bond donors (Lipinski definition) is 0. The van der Waals surface area contributed by atoms with Gasteiger partial charge in [-0.1, -0.05) is 0 Å². The SMILES string of the molecule is COCn1c(C)c(C#N)c(=O)n(COC)c1=O. The summed E-state index contributed by atoms with van der Waals surface area (Å²) in [6, 6.07) is 1.78. The predicted molar refractivity (Wildman–Crippen MR) is 58.4 cm³/mol. The molecule has 0 saturated heterocycles. The van der Waals surface area contributed by atoms with Crippen molar-refractivity contribution in [3.63, 3.8) is 0 Å². The maximum absolute atomic E-state index is 11.9. The smallest absolute Gasteiger partial charge is 0.335 e. The number of nitriles is 1. The number of ether oxygens (including phenoxy) is 2. The first kappa shape index (κ1) is 13.2. The maximum atomic E-state index is 11.9. The Kier molecular flexibility index (Phi) is 4.20. The van der Waals surface area contributed by atoms with Gasteiger partial charge in [0, 0.05) is 19.9 Å². The zero-order valence-corrected chi connectivity index (χ0v) is 9.89. The van der Waals surface area contributed by atoms with E-state index in [4.69, 9.17) is 14.7 Å². The van der Waals surface area contributed by atoms with E-state index in [1.807, 2.05) is 0 Å². The van der Waals surface area contributed by atoms with Crippen molar-refractivity contribution >= 4 is 0 Å². The van der Waals surface area contributed by atoms with Crippen molar-refractivity contribution in [1.29, 1.82) is 5.26 Å². The normalized spacial score (nSPS) is 10.2. The molecule has 0 bridgehead atoms. The molecule has 0 aliphatic rings. The fourth-order valence-corrected chi connectivity index (χ4v) is 1.45. The zero-order valence-electron chi connectivity index (χ0n) is 9.89. The van der Waals surface area contributed by atoms with E-state index in [1.54, 1.807) is 6.07 Å². The summed E-state index contributed by atoms with van der Waals surface area (Å²) in [4.78, 5) is 23.7. The van der Waals surface area contributed by atoms with Crippen LogP contribution in [0.1, 0.15) is 11.3 Å². The summed E-state index contributed by atoms with van der Waals surface area (Å²) in [6.07, 6.45) is 0. The van der Waals surface area contributed by atoms with Gasteiger partial charge >= 0.3 is 5.69 Å². The Morgan fingerprint density at radius 2 is 1.71 bits per heavy atom. The minimum Gasteiger partial charge on any atom is -0.364 e. The standard InChI is InChI=1S/C10H13N3O4/c1-7-8(4-11)9(14)13(6-17-3)10(15)12(7)5-16-2/h5-6H2,1-3H3. The lowest BCUT2D eigenvalue weighted by molar-refractivity contribution is 0.104. The van der Waals surface area contributed by atoms with Gasteiger partial charge in [-0.15, -0.1) is 0 Å². The van der Waals surface area contributed by atoms with Crippen LogP contribution in [0.4, 0.5) is 0 Å². The van der Waals surface area contributed by atoms with E-state index >= 15 is 0 Å². The Labute approximate surface area is 97.4 Å². The molecular weight excluding hydrogens is 226 g/mol. The Morgan fingerprint density at radius 1 is 1.18 bits per heavy atom. The predicted octanol–water partition coefficient (Wildman–Crippen LogP) is -0.602. The first-order chi connectivity index (χ1) is 8.08. The van der Waals surface area contributed by atoms with Crippen LogP contribution < -0.4 is 11.2 Å². The molecule has 17 heavy (non-hydrogen) atoms. The van der Waals surface area contributed by atoms with Gasteiger partial charge in [0.25, 0.3) is 5.56 Å². The molecule has 1 aromatic heterocycles. The summed E-state index contributed by atoms with van der Waals surface area (Å²) in [7, 11) is 2.78. The van der Waals surface area contributed by atoms with Crippen LogP contribution in [0.3, 0.4) is 0 Å². The van der Waals surface area contributed by atoms with E-state index in [0.29, 0.717) is 0 Å². The molecule has 1 rings (SSSR count). The Morgan fingerprint density at radius 3 is 2.18 bits per heavy atom. The number of hydrogen-bond acceptors (Lipinski definition) is 5. The lowest BCUT2D eigenvalue weighted by Crippen LogP contribution is -2.43. The first-order valence-electron chi connectivity index (χ1n) is 4.80. The molecule has 0 spiro atoms. The Hall–Kier alpha value is -1.91. The second-order valence-corrected chi connectivity index (χ2v) is 3.35. The Bertz CT molecular complexity index is 565. The molecule has 0 aliphatic heterocycles. The third-order valence-corrected chi connectivity index (χ3v) is 2.32. The molecule has 1 heterocycles. The molecule has 0 unspecified atom stereocenters. The fraction of sp³-hybridized carbons (Fsp3) is 0.500. The van der Waals surface area contributed by atoms with E-state index in [2.05, 4.69) is 0 Å². The molecule has 7 nitrogen and oxygen atoms in total. The summed E-state index contributed by atoms with van der Waals surface area (Å²) in [5.74, 6) is 0. The summed E-state index contributed by atoms with van der Waals surface area (Å²) in [6.45, 7) is 1.30. The molecule has 0 atom stereocenters. The van der Waals surface area contributed by atoms with Crippen molar-refractivity contribution in [1.82, 2.24) is 9.13 Å². The van der Waals surface area contributed by atoms with Crippen molar-refractivity contribution in [3.8, 4) is 6.07 Å². The topological polar surface area (TPSA) is 86.2 Å². The lowest BCUT2D eigenvalue weighted by Gasteiger charge is -2.13. The van der Waals surface area contributed by atoms with Gasteiger partial charge in [0.05, 0.1) is 0 Å². The average Bonchev–Trinajstić information content (AvgIpc) is 2.31. The van der Waals surface area contributed by atoms with E-state index in [9.17, 15) is 9.59 Å². The molecule has 0 amide bonds. The van der Waals surface area contributed by atoms with Crippen LogP contribution in [0.2, 0.25) is 0 Å². The zero-order chi connectivity index (χ0) is 13.0. The molecule has 0 saturated carbocycles. The van der Waals surface area contributed by atoms with Crippen LogP contribution >= 0.6 is 0 Å². The Balaban J connectivity index is 3.65. The molecule has 0 radical (unpaired) electrons. The number of rotatable bonds is 4. The summed E-state index contributed by atoms with van der Waals surface area (Å²) < 4.78 is 11.7. The van der Waals surface area contributed by atoms with Crippen molar-refractivity contribution in [2.75, 3.05) is 14.2 Å². The summed E-state index contributed by atoms with van der Waals surface area (Å²) in [5.41, 5.74) is -1.00. The number of methoxy groups -OCH3 is 2. The molecule has 0 fully saturated rings. The van der Waals surface area contributed by atoms with Crippen molar-refractivity contribution in [2.45, 2.75) is 20.4 Å². The highest BCUT2D eigenvalue weighted by molar-refractivity contribution is 5.30. The van der Waals surface area contributed by atoms with Crippen LogP contribution in [0.25, 0.3) is 0 Å². The van der Waals surface area contributed by atoms with Gasteiger partial charge in [0.15, 0.2) is 0 Å². The van der Waals surface area contributed by atoms with Crippen LogP contribution in [-0.4, -0.2) is 23.4 Å². The van der Waals surface area contributed by atoms with Gasteiger partial charge in [0.1, 0.15) is 25.1 Å². The monoisotopic (exact) mass is 239 g/mol. The largest absolute Gasteiger partial charge is 0.364 e. The highest BCUT2D eigenvalue weighted by atomic mass is 16.5. The van der Waals surface area contributed by atoms with Gasteiger partial charge < -0.3 is 9.47 Å². The minimum absolute atomic E-state index is 0.0245. The third kappa shape index (κ3) is 2.27. The quantitative estimate of drug-likeness (QED) is 0.700. The van der Waals surface area contributed by atoms with Crippen molar-refractivity contribution in [2.24, 2.45) is 0 Å². The average molecular weight is 239 g/mol. The molecule has 0 N–H and O–H groups in total. The van der Waals surface area contributed by atoms with Gasteiger partial charge in [-0.05, 0) is 6.92 Å². The molecule has 0 aromatic carbocycles. The summed E-state index contributed by atoms with van der Waals surface area (Å²) in [5, 5.41) is 8.92. The van der Waals surface area contributed by atoms with Crippen molar-refractivity contribution < 1.29 is 9.47 Å². The fourth-order valence-electron chi connectivity index (χ4n) is 1.45. The number of nitrogens with zero attached hydrogens (tertiary/aromatic N) is 3. The van der Waals surface area contributed by atoms with E-state index in [-0.39, 0.29) is 24.7 Å². The third-order valence-electron chi connectivity index (χ3n) is 2.32. The van der Waals surface area contributed by atoms with E-state index in [1.165, 1.54) is 25.7 Å². The van der Waals surface area contributed by atoms with Gasteiger partial charge in [0.2, 0.25) is 0 Å². The van der Waals surface area contributed by atoms with Gasteiger partial charge in [-0.25, -0.2) is 9.36 Å². The molecular formula is C10H13N3O4. The van der Waals surface area contributed by atoms with Gasteiger partial charge in [-0.2, -0.15) is 5.26 Å². The molecule has 0 aliphatic carbocycles. The molecule has 92 valence electrons. The highest BCUT2D eigenvalue weighted by Crippen LogP contribution is 1.98. The van der Waals surface area contributed by atoms with E-state index < -0.39 is 11.2 Å². The van der Waals surface area contributed by atoms with Crippen LogP contribution in [0, 0.1) is 18.3 Å². The summed E-state index contributed by atoms with van der Waals surface area (Å²) >= 11 is 0. The van der Waals surface area contributed by atoms with Crippen molar-refractivity contribution in [3.05, 3.63) is 32.1 Å². The second-order valence-electron chi connectivity index (χ2n) is 3.35. The number of aromatic nitrogens is 2.